The van der Waals surface area contributed by atoms with Crippen LogP contribution in [0.1, 0.15) is 18.9 Å². The third kappa shape index (κ3) is 4.93. The van der Waals surface area contributed by atoms with Gasteiger partial charge in [-0.05, 0) is 26.0 Å². The lowest BCUT2D eigenvalue weighted by Gasteiger charge is -2.17. The number of non-ortho nitro benzene ring substituents is 1. The normalized spacial score (nSPS) is 12.7. The van der Waals surface area contributed by atoms with Crippen LogP contribution in [0.5, 0.6) is 0 Å². The number of hydrogen-bond acceptors (Lipinski definition) is 4. The summed E-state index contributed by atoms with van der Waals surface area (Å²) in [6.45, 7) is 3.16. The fraction of sp³-hybridized carbons (Fsp3) is 0.500. The highest BCUT2D eigenvalue weighted by Gasteiger charge is 2.07. The lowest BCUT2D eigenvalue weighted by molar-refractivity contribution is -0.384. The molecule has 0 saturated heterocycles. The van der Waals surface area contributed by atoms with Gasteiger partial charge >= 0.3 is 0 Å². The van der Waals surface area contributed by atoms with Crippen molar-refractivity contribution in [3.8, 4) is 0 Å². The lowest BCUT2D eigenvalue weighted by Crippen LogP contribution is -2.22. The van der Waals surface area contributed by atoms with Crippen molar-refractivity contribution in [1.29, 1.82) is 0 Å². The largest absolute Gasteiger partial charge is 0.393 e. The molecule has 0 spiro atoms. The van der Waals surface area contributed by atoms with E-state index in [0.717, 1.165) is 12.1 Å². The molecule has 0 aromatic heterocycles. The first-order valence-corrected chi connectivity index (χ1v) is 5.59. The maximum atomic E-state index is 10.6. The molecule has 0 fully saturated rings. The minimum absolute atomic E-state index is 0.117. The molecule has 0 heterocycles. The van der Waals surface area contributed by atoms with Gasteiger partial charge in [-0.15, -0.1) is 0 Å². The van der Waals surface area contributed by atoms with Gasteiger partial charge in [-0.1, -0.05) is 12.1 Å². The third-order valence-corrected chi connectivity index (χ3v) is 2.50. The van der Waals surface area contributed by atoms with Crippen molar-refractivity contribution in [2.24, 2.45) is 0 Å². The molecule has 0 amide bonds. The highest BCUT2D eigenvalue weighted by molar-refractivity contribution is 5.34. The van der Waals surface area contributed by atoms with Gasteiger partial charge in [0.05, 0.1) is 11.0 Å². The Morgan fingerprint density at radius 1 is 1.53 bits per heavy atom. The number of rotatable bonds is 6. The van der Waals surface area contributed by atoms with Gasteiger partial charge in [0.1, 0.15) is 0 Å². The third-order valence-electron chi connectivity index (χ3n) is 2.50. The van der Waals surface area contributed by atoms with Gasteiger partial charge in [0, 0.05) is 25.2 Å². The maximum absolute atomic E-state index is 10.6. The van der Waals surface area contributed by atoms with Crippen LogP contribution in [0.25, 0.3) is 0 Å². The monoisotopic (exact) mass is 238 g/mol. The Morgan fingerprint density at radius 3 is 2.82 bits per heavy atom. The molecule has 0 bridgehead atoms. The van der Waals surface area contributed by atoms with Crippen LogP contribution in [-0.2, 0) is 6.54 Å². The van der Waals surface area contributed by atoms with Crippen LogP contribution in [0.4, 0.5) is 5.69 Å². The molecule has 17 heavy (non-hydrogen) atoms. The first-order valence-electron chi connectivity index (χ1n) is 5.59. The quantitative estimate of drug-likeness (QED) is 0.606. The highest BCUT2D eigenvalue weighted by Crippen LogP contribution is 2.14. The predicted octanol–water partition coefficient (Wildman–Crippen LogP) is 1.80. The number of nitro benzene ring substituents is 1. The first kappa shape index (κ1) is 13.6. The topological polar surface area (TPSA) is 66.6 Å². The Morgan fingerprint density at radius 2 is 2.24 bits per heavy atom. The van der Waals surface area contributed by atoms with E-state index in [2.05, 4.69) is 0 Å². The van der Waals surface area contributed by atoms with E-state index in [-0.39, 0.29) is 16.7 Å². The van der Waals surface area contributed by atoms with Gasteiger partial charge in [-0.2, -0.15) is 0 Å². The smallest absolute Gasteiger partial charge is 0.269 e. The fourth-order valence-electron chi connectivity index (χ4n) is 1.57. The highest BCUT2D eigenvalue weighted by atomic mass is 16.6. The summed E-state index contributed by atoms with van der Waals surface area (Å²) < 4.78 is 0. The molecule has 0 saturated carbocycles. The zero-order valence-electron chi connectivity index (χ0n) is 10.2. The maximum Gasteiger partial charge on any atom is 0.269 e. The molecule has 1 unspecified atom stereocenters. The zero-order chi connectivity index (χ0) is 12.8. The Bertz CT molecular complexity index is 380. The fourth-order valence-corrected chi connectivity index (χ4v) is 1.57. The number of hydrogen-bond donors (Lipinski definition) is 1. The number of benzene rings is 1. The van der Waals surface area contributed by atoms with Crippen molar-refractivity contribution in [2.75, 3.05) is 13.6 Å². The van der Waals surface area contributed by atoms with E-state index in [0.29, 0.717) is 13.0 Å². The van der Waals surface area contributed by atoms with E-state index < -0.39 is 0 Å². The Hall–Kier alpha value is -1.46. The van der Waals surface area contributed by atoms with E-state index in [1.54, 1.807) is 19.1 Å². The van der Waals surface area contributed by atoms with Crippen LogP contribution in [0, 0.1) is 10.1 Å². The van der Waals surface area contributed by atoms with Gasteiger partial charge in [0.2, 0.25) is 0 Å². The van der Waals surface area contributed by atoms with Gasteiger partial charge in [-0.25, -0.2) is 0 Å². The van der Waals surface area contributed by atoms with Gasteiger partial charge in [-0.3, -0.25) is 10.1 Å². The number of nitrogens with zero attached hydrogens (tertiary/aromatic N) is 2. The summed E-state index contributed by atoms with van der Waals surface area (Å²) in [5.74, 6) is 0. The van der Waals surface area contributed by atoms with Crippen molar-refractivity contribution < 1.29 is 10.0 Å². The second kappa shape index (κ2) is 6.32. The molecule has 94 valence electrons. The van der Waals surface area contributed by atoms with Crippen molar-refractivity contribution in [3.05, 3.63) is 39.9 Å². The number of nitro groups is 1. The minimum atomic E-state index is -0.390. The molecule has 1 N–H and O–H groups in total. The van der Waals surface area contributed by atoms with Gasteiger partial charge in [0.15, 0.2) is 0 Å². The molecule has 1 atom stereocenters. The standard InChI is InChI=1S/C12H18N2O3/c1-10(15)6-7-13(2)9-11-4-3-5-12(8-11)14(16)17/h3-5,8,10,15H,6-7,9H2,1-2H3. The summed E-state index contributed by atoms with van der Waals surface area (Å²) in [4.78, 5) is 12.3. The molecule has 0 aliphatic rings. The van der Waals surface area contributed by atoms with Gasteiger partial charge < -0.3 is 10.0 Å². The van der Waals surface area contributed by atoms with Crippen LogP contribution < -0.4 is 0 Å². The van der Waals surface area contributed by atoms with E-state index in [1.807, 2.05) is 18.0 Å². The van der Waals surface area contributed by atoms with E-state index in [4.69, 9.17) is 5.11 Å². The summed E-state index contributed by atoms with van der Waals surface area (Å²) in [7, 11) is 1.93. The Kier molecular flexibility index (Phi) is 5.06. The molecule has 5 nitrogen and oxygen atoms in total. The van der Waals surface area contributed by atoms with Crippen molar-refractivity contribution in [1.82, 2.24) is 4.90 Å². The zero-order valence-corrected chi connectivity index (χ0v) is 10.2. The Labute approximate surface area is 101 Å². The SMILES string of the molecule is CC(O)CCN(C)Cc1cccc([N+](=O)[O-])c1. The van der Waals surface area contributed by atoms with E-state index in [9.17, 15) is 10.1 Å². The number of aliphatic hydroxyl groups is 1. The summed E-state index contributed by atoms with van der Waals surface area (Å²) in [6, 6.07) is 6.63. The molecule has 1 aromatic carbocycles. The van der Waals surface area contributed by atoms with Crippen LogP contribution in [0.2, 0.25) is 0 Å². The van der Waals surface area contributed by atoms with Crippen molar-refractivity contribution in [3.63, 3.8) is 0 Å². The van der Waals surface area contributed by atoms with Crippen LogP contribution >= 0.6 is 0 Å². The van der Waals surface area contributed by atoms with E-state index >= 15 is 0 Å². The van der Waals surface area contributed by atoms with Crippen molar-refractivity contribution >= 4 is 5.69 Å². The molecule has 0 aliphatic heterocycles. The molecule has 1 rings (SSSR count). The van der Waals surface area contributed by atoms with Gasteiger partial charge in [0.25, 0.3) is 5.69 Å². The second-order valence-electron chi connectivity index (χ2n) is 4.30. The second-order valence-corrected chi connectivity index (χ2v) is 4.30. The summed E-state index contributed by atoms with van der Waals surface area (Å²) >= 11 is 0. The summed E-state index contributed by atoms with van der Waals surface area (Å²) in [5.41, 5.74) is 1.03. The Balaban J connectivity index is 2.56. The average molecular weight is 238 g/mol. The van der Waals surface area contributed by atoms with Crippen LogP contribution in [0.15, 0.2) is 24.3 Å². The van der Waals surface area contributed by atoms with Crippen LogP contribution in [0.3, 0.4) is 0 Å². The minimum Gasteiger partial charge on any atom is -0.393 e. The molecule has 5 heteroatoms. The summed E-state index contributed by atoms with van der Waals surface area (Å²) in [6.07, 6.45) is 0.383. The molecular formula is C12H18N2O3. The molecule has 0 aliphatic carbocycles. The summed E-state index contributed by atoms with van der Waals surface area (Å²) in [5, 5.41) is 19.8. The molecular weight excluding hydrogens is 220 g/mol. The molecule has 0 radical (unpaired) electrons. The number of aliphatic hydroxyl groups excluding tert-OH is 1. The lowest BCUT2D eigenvalue weighted by atomic mass is 10.2. The van der Waals surface area contributed by atoms with Crippen molar-refractivity contribution in [2.45, 2.75) is 26.0 Å². The average Bonchev–Trinajstić information content (AvgIpc) is 2.26. The molecule has 1 aromatic rings. The first-order chi connectivity index (χ1) is 7.99. The van der Waals surface area contributed by atoms with E-state index in [1.165, 1.54) is 6.07 Å². The van der Waals surface area contributed by atoms with Crippen LogP contribution in [-0.4, -0.2) is 34.6 Å². The predicted molar refractivity (Wildman–Crippen MR) is 65.7 cm³/mol.